The highest BCUT2D eigenvalue weighted by atomic mass is 16.5. The summed E-state index contributed by atoms with van der Waals surface area (Å²) in [6.07, 6.45) is 1.64. The van der Waals surface area contributed by atoms with Crippen LogP contribution in [0, 0.1) is 0 Å². The van der Waals surface area contributed by atoms with Crippen molar-refractivity contribution in [3.05, 3.63) is 83.4 Å². The maximum absolute atomic E-state index is 12.3. The molecule has 0 spiro atoms. The van der Waals surface area contributed by atoms with E-state index in [4.69, 9.17) is 4.74 Å². The number of carbonyl (C=O) groups excluding carboxylic acids is 2. The summed E-state index contributed by atoms with van der Waals surface area (Å²) in [5, 5.41) is 8.39. The van der Waals surface area contributed by atoms with Crippen molar-refractivity contribution in [1.82, 2.24) is 0 Å². The van der Waals surface area contributed by atoms with Gasteiger partial charge in [0.2, 0.25) is 0 Å². The van der Waals surface area contributed by atoms with Crippen LogP contribution in [0.5, 0.6) is 5.75 Å². The lowest BCUT2D eigenvalue weighted by molar-refractivity contribution is 0.0734. The van der Waals surface area contributed by atoms with E-state index in [0.29, 0.717) is 39.5 Å². The van der Waals surface area contributed by atoms with Crippen molar-refractivity contribution in [2.24, 2.45) is 15.2 Å². The van der Waals surface area contributed by atoms with Crippen LogP contribution in [0.2, 0.25) is 0 Å². The van der Waals surface area contributed by atoms with Gasteiger partial charge in [-0.25, -0.2) is 4.79 Å². The first-order valence-corrected chi connectivity index (χ1v) is 8.62. The average molecular weight is 369 g/mol. The van der Waals surface area contributed by atoms with E-state index < -0.39 is 5.97 Å². The Morgan fingerprint density at radius 1 is 0.929 bits per heavy atom. The molecule has 1 aliphatic heterocycles. The number of para-hydroxylation sites is 1. The van der Waals surface area contributed by atoms with Crippen LogP contribution >= 0.6 is 0 Å². The SMILES string of the molecule is CC(=O)c1ccc(N=Nc2ccc3c(c2)C=Nc2ccccc2C(=O)O3)cc1. The van der Waals surface area contributed by atoms with E-state index in [9.17, 15) is 9.59 Å². The molecule has 136 valence electrons. The Bertz CT molecular complexity index is 1130. The number of Topliss-reactive ketones (excluding diaryl/α,β-unsaturated/α-hetero) is 1. The van der Waals surface area contributed by atoms with E-state index in [1.807, 2.05) is 6.07 Å². The summed E-state index contributed by atoms with van der Waals surface area (Å²) in [5.41, 5.74) is 3.44. The minimum atomic E-state index is -0.450. The molecule has 0 saturated heterocycles. The quantitative estimate of drug-likeness (QED) is 0.261. The summed E-state index contributed by atoms with van der Waals surface area (Å²) in [5.74, 6) is -0.0396. The standard InChI is InChI=1S/C22H15N3O3/c1-14(26)15-6-8-17(9-7-15)24-25-18-10-11-21-16(12-18)13-23-20-5-3-2-4-19(20)22(27)28-21/h2-13H,1H3. The molecule has 3 aromatic rings. The zero-order valence-electron chi connectivity index (χ0n) is 15.0. The first kappa shape index (κ1) is 17.5. The van der Waals surface area contributed by atoms with Gasteiger partial charge in [0, 0.05) is 17.3 Å². The van der Waals surface area contributed by atoms with Gasteiger partial charge in [0.05, 0.1) is 22.6 Å². The number of ether oxygens (including phenoxy) is 1. The Labute approximate surface area is 161 Å². The van der Waals surface area contributed by atoms with Crippen molar-refractivity contribution in [3.8, 4) is 5.75 Å². The van der Waals surface area contributed by atoms with E-state index in [1.54, 1.807) is 66.9 Å². The molecule has 3 aromatic carbocycles. The van der Waals surface area contributed by atoms with Crippen LogP contribution in [0.3, 0.4) is 0 Å². The fourth-order valence-corrected chi connectivity index (χ4v) is 2.72. The molecule has 0 radical (unpaired) electrons. The van der Waals surface area contributed by atoms with Gasteiger partial charge < -0.3 is 4.74 Å². The molecule has 0 amide bonds. The van der Waals surface area contributed by atoms with Crippen molar-refractivity contribution in [2.75, 3.05) is 0 Å². The summed E-state index contributed by atoms with van der Waals surface area (Å²) in [4.78, 5) is 28.0. The molecule has 0 N–H and O–H groups in total. The third-order valence-electron chi connectivity index (χ3n) is 4.22. The molecule has 1 aliphatic rings. The lowest BCUT2D eigenvalue weighted by Gasteiger charge is -2.12. The number of hydrogen-bond donors (Lipinski definition) is 0. The monoisotopic (exact) mass is 369 g/mol. The number of carbonyl (C=O) groups is 2. The Morgan fingerprint density at radius 2 is 1.64 bits per heavy atom. The fraction of sp³-hybridized carbons (Fsp3) is 0.0455. The normalized spacial score (nSPS) is 12.7. The van der Waals surface area contributed by atoms with Crippen LogP contribution in [0.25, 0.3) is 0 Å². The third kappa shape index (κ3) is 3.61. The number of ketones is 1. The van der Waals surface area contributed by atoms with Gasteiger partial charge in [-0.05, 0) is 61.5 Å². The van der Waals surface area contributed by atoms with Gasteiger partial charge in [0.1, 0.15) is 5.75 Å². The maximum Gasteiger partial charge on any atom is 0.345 e. The molecular weight excluding hydrogens is 354 g/mol. The number of fused-ring (bicyclic) bond motifs is 2. The molecule has 0 unspecified atom stereocenters. The van der Waals surface area contributed by atoms with Crippen LogP contribution in [-0.2, 0) is 0 Å². The average Bonchev–Trinajstić information content (AvgIpc) is 2.71. The molecule has 0 saturated carbocycles. The number of rotatable bonds is 3. The van der Waals surface area contributed by atoms with Crippen LogP contribution < -0.4 is 4.74 Å². The Hall–Kier alpha value is -3.93. The predicted molar refractivity (Wildman–Crippen MR) is 106 cm³/mol. The van der Waals surface area contributed by atoms with Crippen molar-refractivity contribution in [2.45, 2.75) is 6.92 Å². The lowest BCUT2D eigenvalue weighted by atomic mass is 10.1. The molecule has 6 nitrogen and oxygen atoms in total. The first-order valence-electron chi connectivity index (χ1n) is 8.62. The second-order valence-electron chi connectivity index (χ2n) is 6.19. The van der Waals surface area contributed by atoms with E-state index in [2.05, 4.69) is 15.2 Å². The fourth-order valence-electron chi connectivity index (χ4n) is 2.72. The number of aliphatic imine (C=N–C) groups is 1. The summed E-state index contributed by atoms with van der Waals surface area (Å²) < 4.78 is 5.48. The predicted octanol–water partition coefficient (Wildman–Crippen LogP) is 5.59. The van der Waals surface area contributed by atoms with Gasteiger partial charge in [-0.3, -0.25) is 9.79 Å². The Kier molecular flexibility index (Phi) is 4.60. The number of azo groups is 1. The first-order chi connectivity index (χ1) is 13.6. The highest BCUT2D eigenvalue weighted by Crippen LogP contribution is 2.29. The topological polar surface area (TPSA) is 80.5 Å². The van der Waals surface area contributed by atoms with E-state index in [-0.39, 0.29) is 5.78 Å². The highest BCUT2D eigenvalue weighted by molar-refractivity contribution is 6.00. The van der Waals surface area contributed by atoms with E-state index in [1.165, 1.54) is 6.92 Å². The molecular formula is C22H15N3O3. The van der Waals surface area contributed by atoms with Crippen LogP contribution in [0.1, 0.15) is 33.2 Å². The molecule has 0 bridgehead atoms. The molecule has 0 aliphatic carbocycles. The zero-order chi connectivity index (χ0) is 19.5. The number of nitrogens with zero attached hydrogens (tertiary/aromatic N) is 3. The summed E-state index contributed by atoms with van der Waals surface area (Å²) in [6.45, 7) is 1.52. The highest BCUT2D eigenvalue weighted by Gasteiger charge is 2.17. The molecule has 0 fully saturated rings. The van der Waals surface area contributed by atoms with Crippen LogP contribution in [-0.4, -0.2) is 18.0 Å². The molecule has 28 heavy (non-hydrogen) atoms. The maximum atomic E-state index is 12.3. The largest absolute Gasteiger partial charge is 0.422 e. The minimum Gasteiger partial charge on any atom is -0.422 e. The van der Waals surface area contributed by atoms with Crippen LogP contribution in [0.4, 0.5) is 17.1 Å². The van der Waals surface area contributed by atoms with Gasteiger partial charge in [0.25, 0.3) is 0 Å². The van der Waals surface area contributed by atoms with E-state index in [0.717, 1.165) is 0 Å². The van der Waals surface area contributed by atoms with Crippen molar-refractivity contribution < 1.29 is 14.3 Å². The zero-order valence-corrected chi connectivity index (χ0v) is 15.0. The van der Waals surface area contributed by atoms with Gasteiger partial charge in [-0.2, -0.15) is 10.2 Å². The molecule has 4 rings (SSSR count). The molecule has 6 heteroatoms. The second kappa shape index (κ2) is 7.36. The minimum absolute atomic E-state index is 0.000525. The van der Waals surface area contributed by atoms with E-state index >= 15 is 0 Å². The molecule has 0 atom stereocenters. The van der Waals surface area contributed by atoms with Gasteiger partial charge in [-0.15, -0.1) is 0 Å². The molecule has 0 aromatic heterocycles. The summed E-state index contributed by atoms with van der Waals surface area (Å²) >= 11 is 0. The van der Waals surface area contributed by atoms with Crippen LogP contribution in [0.15, 0.2) is 82.0 Å². The van der Waals surface area contributed by atoms with Gasteiger partial charge >= 0.3 is 5.97 Å². The smallest absolute Gasteiger partial charge is 0.345 e. The van der Waals surface area contributed by atoms with Crippen molar-refractivity contribution in [3.63, 3.8) is 0 Å². The van der Waals surface area contributed by atoms with Gasteiger partial charge in [-0.1, -0.05) is 12.1 Å². The Balaban J connectivity index is 1.62. The van der Waals surface area contributed by atoms with Crippen molar-refractivity contribution in [1.29, 1.82) is 0 Å². The summed E-state index contributed by atoms with van der Waals surface area (Å²) in [6, 6.07) is 19.0. The lowest BCUT2D eigenvalue weighted by Crippen LogP contribution is -2.11. The van der Waals surface area contributed by atoms with Crippen molar-refractivity contribution >= 4 is 35.0 Å². The third-order valence-corrected chi connectivity index (χ3v) is 4.22. The number of benzene rings is 3. The summed E-state index contributed by atoms with van der Waals surface area (Å²) in [7, 11) is 0. The van der Waals surface area contributed by atoms with Gasteiger partial charge in [0.15, 0.2) is 5.78 Å². The number of hydrogen-bond acceptors (Lipinski definition) is 6. The Morgan fingerprint density at radius 3 is 2.43 bits per heavy atom. The second-order valence-corrected chi connectivity index (χ2v) is 6.19. The number of esters is 1. The molecule has 1 heterocycles.